The van der Waals surface area contributed by atoms with Gasteiger partial charge in [-0.05, 0) is 42.0 Å². The molecule has 10 nitrogen and oxygen atoms in total. The lowest BCUT2D eigenvalue weighted by Crippen LogP contribution is -2.66. The second-order valence-electron chi connectivity index (χ2n) is 9.26. The number of aliphatic carboxylic acids is 1. The number of hydrogen-bond acceptors (Lipinski definition) is 6. The molecule has 192 valence electrons. The average Bonchev–Trinajstić information content (AvgIpc) is 2.77. The molecular formula is C24H27Cl2N5O5. The van der Waals surface area contributed by atoms with Gasteiger partial charge in [-0.15, -0.1) is 0 Å². The largest absolute Gasteiger partial charge is 0.481 e. The number of carbonyl (C=O) groups is 3. The molecule has 2 fully saturated rings. The minimum atomic E-state index is -0.779. The topological polar surface area (TPSA) is 133 Å². The van der Waals surface area contributed by atoms with E-state index in [9.17, 15) is 14.4 Å². The van der Waals surface area contributed by atoms with Gasteiger partial charge in [0.2, 0.25) is 5.88 Å². The molecule has 4 rings (SSSR count). The number of nitrogens with zero attached hydrogens (tertiary/aromatic N) is 2. The van der Waals surface area contributed by atoms with Crippen LogP contribution >= 0.6 is 23.2 Å². The number of nitrogens with one attached hydrogen (secondary N) is 3. The van der Waals surface area contributed by atoms with Gasteiger partial charge in [-0.25, -0.2) is 9.78 Å². The van der Waals surface area contributed by atoms with Gasteiger partial charge >= 0.3 is 12.0 Å². The first-order chi connectivity index (χ1) is 17.2. The van der Waals surface area contributed by atoms with Gasteiger partial charge in [0.15, 0.2) is 6.61 Å². The number of carboxylic acid groups (broad SMARTS) is 1. The highest BCUT2D eigenvalue weighted by Gasteiger charge is 2.52. The fraction of sp³-hybridized carbons (Fsp3) is 0.417. The van der Waals surface area contributed by atoms with E-state index in [0.29, 0.717) is 17.3 Å². The van der Waals surface area contributed by atoms with Crippen molar-refractivity contribution < 1.29 is 24.2 Å². The minimum Gasteiger partial charge on any atom is -0.481 e. The molecule has 0 bridgehead atoms. The van der Waals surface area contributed by atoms with Crippen molar-refractivity contribution in [2.45, 2.75) is 31.8 Å². The summed E-state index contributed by atoms with van der Waals surface area (Å²) in [5, 5.41) is 17.9. The molecule has 36 heavy (non-hydrogen) atoms. The first kappa shape index (κ1) is 26.0. The molecule has 12 heteroatoms. The summed E-state index contributed by atoms with van der Waals surface area (Å²) in [6.45, 7) is 2.36. The van der Waals surface area contributed by atoms with E-state index < -0.39 is 5.97 Å². The first-order valence-corrected chi connectivity index (χ1v) is 12.3. The van der Waals surface area contributed by atoms with Crippen LogP contribution in [0.3, 0.4) is 0 Å². The van der Waals surface area contributed by atoms with Crippen LogP contribution in [0.4, 0.5) is 10.5 Å². The van der Waals surface area contributed by atoms with E-state index in [2.05, 4.69) is 25.8 Å². The molecule has 1 aliphatic carbocycles. The van der Waals surface area contributed by atoms with Crippen molar-refractivity contribution in [3.8, 4) is 5.88 Å². The summed E-state index contributed by atoms with van der Waals surface area (Å²) in [5.74, 6) is -1.01. The second kappa shape index (κ2) is 11.3. The van der Waals surface area contributed by atoms with Crippen molar-refractivity contribution in [3.63, 3.8) is 0 Å². The Kier molecular flexibility index (Phi) is 8.17. The highest BCUT2D eigenvalue weighted by atomic mass is 35.5. The number of carbonyl (C=O) groups excluding carboxylic acids is 2. The van der Waals surface area contributed by atoms with Gasteiger partial charge in [0, 0.05) is 44.1 Å². The van der Waals surface area contributed by atoms with Crippen LogP contribution in [0.15, 0.2) is 36.5 Å². The third-order valence-electron chi connectivity index (χ3n) is 6.24. The maximum absolute atomic E-state index is 12.4. The molecule has 0 radical (unpaired) electrons. The van der Waals surface area contributed by atoms with Gasteiger partial charge < -0.3 is 30.7 Å². The van der Waals surface area contributed by atoms with Crippen molar-refractivity contribution in [1.29, 1.82) is 0 Å². The van der Waals surface area contributed by atoms with E-state index in [0.717, 1.165) is 31.5 Å². The fourth-order valence-electron chi connectivity index (χ4n) is 4.67. The summed E-state index contributed by atoms with van der Waals surface area (Å²) >= 11 is 11.8. The molecule has 1 saturated heterocycles. The number of rotatable bonds is 10. The van der Waals surface area contributed by atoms with E-state index in [-0.39, 0.29) is 53.9 Å². The third kappa shape index (κ3) is 6.99. The van der Waals surface area contributed by atoms with Gasteiger partial charge in [-0.1, -0.05) is 35.3 Å². The predicted octanol–water partition coefficient (Wildman–Crippen LogP) is 3.14. The molecule has 2 aromatic rings. The van der Waals surface area contributed by atoms with Crippen molar-refractivity contribution in [2.75, 3.05) is 31.6 Å². The van der Waals surface area contributed by atoms with Crippen LogP contribution in [-0.4, -0.2) is 65.2 Å². The lowest BCUT2D eigenvalue weighted by atomic mass is 9.60. The van der Waals surface area contributed by atoms with Crippen LogP contribution < -0.4 is 20.7 Å². The lowest BCUT2D eigenvalue weighted by Gasteiger charge is -2.59. The normalized spacial score (nSPS) is 16.5. The van der Waals surface area contributed by atoms with Gasteiger partial charge in [0.1, 0.15) is 5.02 Å². The van der Waals surface area contributed by atoms with Crippen LogP contribution in [0.5, 0.6) is 5.88 Å². The third-order valence-corrected chi connectivity index (χ3v) is 6.72. The smallest absolute Gasteiger partial charge is 0.319 e. The van der Waals surface area contributed by atoms with Crippen LogP contribution in [-0.2, 0) is 16.1 Å². The van der Waals surface area contributed by atoms with E-state index in [1.54, 1.807) is 18.2 Å². The molecule has 1 aromatic heterocycles. The molecule has 1 saturated carbocycles. The summed E-state index contributed by atoms with van der Waals surface area (Å²) in [4.78, 5) is 41.3. The molecule has 2 aliphatic rings. The molecule has 1 aromatic carbocycles. The summed E-state index contributed by atoms with van der Waals surface area (Å²) < 4.78 is 5.32. The van der Waals surface area contributed by atoms with E-state index in [4.69, 9.17) is 33.0 Å². The monoisotopic (exact) mass is 535 g/mol. The number of urea groups is 1. The Hall–Kier alpha value is -3.08. The SMILES string of the molecule is O=C(O)CCN1CC2(CC(NC(=O)Nc3cccc(CNC(=O)COc4ncc(Cl)cc4Cl)c3)C2)C1. The van der Waals surface area contributed by atoms with E-state index >= 15 is 0 Å². The molecule has 0 unspecified atom stereocenters. The van der Waals surface area contributed by atoms with Crippen LogP contribution in [0, 0.1) is 5.41 Å². The molecule has 0 atom stereocenters. The summed E-state index contributed by atoms with van der Waals surface area (Å²) in [6.07, 6.45) is 3.33. The minimum absolute atomic E-state index is 0.109. The molecule has 4 N–H and O–H groups in total. The molecular weight excluding hydrogens is 509 g/mol. The van der Waals surface area contributed by atoms with Gasteiger partial charge in [-0.2, -0.15) is 0 Å². The number of carboxylic acids is 1. The highest BCUT2D eigenvalue weighted by Crippen LogP contribution is 2.48. The number of amides is 3. The number of aromatic nitrogens is 1. The molecule has 3 amide bonds. The predicted molar refractivity (Wildman–Crippen MR) is 134 cm³/mol. The van der Waals surface area contributed by atoms with Crippen molar-refractivity contribution in [2.24, 2.45) is 5.41 Å². The van der Waals surface area contributed by atoms with Gasteiger partial charge in [0.25, 0.3) is 5.91 Å². The Balaban J connectivity index is 1.15. The van der Waals surface area contributed by atoms with E-state index in [1.807, 2.05) is 6.07 Å². The number of likely N-dealkylation sites (tertiary alicyclic amines) is 1. The summed E-state index contributed by atoms with van der Waals surface area (Å²) in [6, 6.07) is 8.50. The maximum Gasteiger partial charge on any atom is 0.319 e. The average molecular weight is 536 g/mol. The zero-order valence-electron chi connectivity index (χ0n) is 19.4. The van der Waals surface area contributed by atoms with Gasteiger partial charge in [-0.3, -0.25) is 9.59 Å². The van der Waals surface area contributed by atoms with Gasteiger partial charge in [0.05, 0.1) is 11.4 Å². The molecule has 2 heterocycles. The van der Waals surface area contributed by atoms with Crippen LogP contribution in [0.2, 0.25) is 10.0 Å². The fourth-order valence-corrected chi connectivity index (χ4v) is 5.10. The van der Waals surface area contributed by atoms with Crippen molar-refractivity contribution in [1.82, 2.24) is 20.5 Å². The number of benzene rings is 1. The number of ether oxygens (including phenoxy) is 1. The second-order valence-corrected chi connectivity index (χ2v) is 10.1. The Labute approximate surface area is 218 Å². The first-order valence-electron chi connectivity index (χ1n) is 11.5. The molecule has 1 spiro atoms. The quantitative estimate of drug-likeness (QED) is 0.367. The summed E-state index contributed by atoms with van der Waals surface area (Å²) in [5.41, 5.74) is 1.64. The number of hydrogen-bond donors (Lipinski definition) is 4. The molecule has 1 aliphatic heterocycles. The number of anilines is 1. The van der Waals surface area contributed by atoms with E-state index in [1.165, 1.54) is 12.3 Å². The number of halogens is 2. The van der Waals surface area contributed by atoms with Crippen molar-refractivity contribution >= 4 is 46.8 Å². The van der Waals surface area contributed by atoms with Crippen molar-refractivity contribution in [3.05, 3.63) is 52.1 Å². The Bertz CT molecular complexity index is 1130. The summed E-state index contributed by atoms with van der Waals surface area (Å²) in [7, 11) is 0. The van der Waals surface area contributed by atoms with Crippen LogP contribution in [0.1, 0.15) is 24.8 Å². The van der Waals surface area contributed by atoms with Crippen LogP contribution in [0.25, 0.3) is 0 Å². The standard InChI is InChI=1S/C24H27Cl2N5O5/c25-16-7-19(26)22(28-11-16)36-12-20(32)27-10-15-2-1-3-17(6-15)29-23(35)30-18-8-24(9-18)13-31(14-24)5-4-21(33)34/h1-3,6-7,11,18H,4-5,8-10,12-14H2,(H,27,32)(H,33,34)(H2,29,30,35). The Morgan fingerprint density at radius 3 is 2.69 bits per heavy atom. The number of pyridine rings is 1. The highest BCUT2D eigenvalue weighted by molar-refractivity contribution is 6.35. The lowest BCUT2D eigenvalue weighted by molar-refractivity contribution is -0.139. The Morgan fingerprint density at radius 2 is 1.97 bits per heavy atom. The zero-order chi connectivity index (χ0) is 25.7. The zero-order valence-corrected chi connectivity index (χ0v) is 20.9. The maximum atomic E-state index is 12.4. The Morgan fingerprint density at radius 1 is 1.19 bits per heavy atom.